The summed E-state index contributed by atoms with van der Waals surface area (Å²) in [5.74, 6) is 1.28. The molecular weight excluding hydrogens is 356 g/mol. The number of pyridine rings is 2. The summed E-state index contributed by atoms with van der Waals surface area (Å²) in [6, 6.07) is 6.91. The molecule has 148 valence electrons. The van der Waals surface area contributed by atoms with Crippen molar-refractivity contribution in [2.45, 2.75) is 56.8 Å². The van der Waals surface area contributed by atoms with Gasteiger partial charge in [0.25, 0.3) is 0 Å². The Labute approximate surface area is 171 Å². The second-order valence-electron chi connectivity index (χ2n) is 8.98. The molecule has 4 heterocycles. The van der Waals surface area contributed by atoms with Gasteiger partial charge in [0.1, 0.15) is 5.65 Å². The van der Waals surface area contributed by atoms with Gasteiger partial charge in [-0.1, -0.05) is 18.1 Å². The highest BCUT2D eigenvalue weighted by atomic mass is 14.9. The highest BCUT2D eigenvalue weighted by molar-refractivity contribution is 5.81. The van der Waals surface area contributed by atoms with Crippen LogP contribution in [-0.4, -0.2) is 28.0 Å². The van der Waals surface area contributed by atoms with Crippen LogP contribution in [0.15, 0.2) is 36.2 Å². The van der Waals surface area contributed by atoms with Gasteiger partial charge < -0.3 is 10.3 Å². The molecule has 1 saturated heterocycles. The Kier molecular flexibility index (Phi) is 4.26. The average Bonchev–Trinajstić information content (AvgIpc) is 3.35. The van der Waals surface area contributed by atoms with Crippen LogP contribution < -0.4 is 5.32 Å². The Balaban J connectivity index is 1.29. The number of H-pyrrole nitrogens is 1. The third-order valence-corrected chi connectivity index (χ3v) is 7.15. The van der Waals surface area contributed by atoms with E-state index in [0.717, 1.165) is 30.9 Å². The third kappa shape index (κ3) is 3.10. The fraction of sp³-hybridized carbons (Fsp3) is 0.440. The first-order chi connectivity index (χ1) is 14.3. The molecule has 0 spiro atoms. The van der Waals surface area contributed by atoms with Crippen LogP contribution >= 0.6 is 0 Å². The maximum Gasteiger partial charge on any atom is 0.137 e. The van der Waals surface area contributed by atoms with E-state index >= 15 is 0 Å². The number of nitrogens with zero attached hydrogens (tertiary/aromatic N) is 2. The molecule has 4 heteroatoms. The average molecular weight is 385 g/mol. The van der Waals surface area contributed by atoms with Gasteiger partial charge in [-0.05, 0) is 86.0 Å². The predicted octanol–water partition coefficient (Wildman–Crippen LogP) is 5.07. The van der Waals surface area contributed by atoms with Gasteiger partial charge in [0.05, 0.1) is 5.69 Å². The molecule has 0 bridgehead atoms. The van der Waals surface area contributed by atoms with E-state index in [4.69, 9.17) is 9.97 Å². The van der Waals surface area contributed by atoms with Gasteiger partial charge in [-0.25, -0.2) is 4.98 Å². The van der Waals surface area contributed by atoms with Crippen molar-refractivity contribution >= 4 is 17.1 Å². The zero-order chi connectivity index (χ0) is 19.2. The summed E-state index contributed by atoms with van der Waals surface area (Å²) < 4.78 is 0. The van der Waals surface area contributed by atoms with Gasteiger partial charge in [0.2, 0.25) is 0 Å². The van der Waals surface area contributed by atoms with Gasteiger partial charge >= 0.3 is 0 Å². The molecule has 2 aliphatic carbocycles. The maximum absolute atomic E-state index is 5.03. The lowest BCUT2D eigenvalue weighted by molar-refractivity contribution is 0.462. The number of allylic oxidation sites excluding steroid dienone is 1. The SMILES string of the molecule is C1=C2CCCCC2c2ccc(Cc3cnc4[nH]cc(C5CCNCC5)c4c3)nc21. The normalized spacial score (nSPS) is 21.8. The van der Waals surface area contributed by atoms with Crippen molar-refractivity contribution in [2.24, 2.45) is 0 Å². The Morgan fingerprint density at radius 1 is 1.03 bits per heavy atom. The van der Waals surface area contributed by atoms with E-state index in [1.165, 1.54) is 66.3 Å². The summed E-state index contributed by atoms with van der Waals surface area (Å²) in [5, 5.41) is 4.76. The highest BCUT2D eigenvalue weighted by Gasteiger charge is 2.28. The summed E-state index contributed by atoms with van der Waals surface area (Å²) in [6.07, 6.45) is 15.1. The standard InChI is InChI=1S/C25H28N4/c1-2-4-20-18(3-1)13-24-21(20)6-5-19(29-24)11-16-12-22-23(15-28-25(22)27-14-16)17-7-9-26-10-8-17/h5-6,12-15,17,20,26H,1-4,7-11H2,(H,27,28). The first-order valence-electron chi connectivity index (χ1n) is 11.2. The summed E-state index contributed by atoms with van der Waals surface area (Å²) in [5.41, 5.74) is 9.14. The van der Waals surface area contributed by atoms with Gasteiger partial charge in [-0.2, -0.15) is 0 Å². The van der Waals surface area contributed by atoms with Gasteiger partial charge in [-0.15, -0.1) is 0 Å². The second-order valence-corrected chi connectivity index (χ2v) is 8.98. The first-order valence-corrected chi connectivity index (χ1v) is 11.2. The van der Waals surface area contributed by atoms with Crippen molar-refractivity contribution in [3.8, 4) is 0 Å². The van der Waals surface area contributed by atoms with Crippen molar-refractivity contribution < 1.29 is 0 Å². The molecule has 1 saturated carbocycles. The first kappa shape index (κ1) is 17.4. The Morgan fingerprint density at radius 3 is 2.90 bits per heavy atom. The molecule has 0 amide bonds. The Hall–Kier alpha value is -2.46. The number of rotatable bonds is 3. The Morgan fingerprint density at radius 2 is 1.97 bits per heavy atom. The van der Waals surface area contributed by atoms with E-state index in [-0.39, 0.29) is 0 Å². The lowest BCUT2D eigenvalue weighted by Crippen LogP contribution is -2.26. The molecule has 4 nitrogen and oxygen atoms in total. The predicted molar refractivity (Wildman–Crippen MR) is 117 cm³/mol. The minimum Gasteiger partial charge on any atom is -0.346 e. The fourth-order valence-electron chi connectivity index (χ4n) is 5.62. The van der Waals surface area contributed by atoms with Crippen molar-refractivity contribution in [1.29, 1.82) is 0 Å². The molecule has 3 aromatic heterocycles. The molecule has 0 radical (unpaired) electrons. The van der Waals surface area contributed by atoms with Gasteiger partial charge in [-0.3, -0.25) is 4.98 Å². The monoisotopic (exact) mass is 384 g/mol. The smallest absolute Gasteiger partial charge is 0.137 e. The zero-order valence-electron chi connectivity index (χ0n) is 16.9. The van der Waals surface area contributed by atoms with E-state index < -0.39 is 0 Å². The van der Waals surface area contributed by atoms with Gasteiger partial charge in [0, 0.05) is 35.8 Å². The quantitative estimate of drug-likeness (QED) is 0.663. The number of aromatic amines is 1. The summed E-state index contributed by atoms with van der Waals surface area (Å²) in [6.45, 7) is 2.22. The summed E-state index contributed by atoms with van der Waals surface area (Å²) >= 11 is 0. The molecule has 1 unspecified atom stereocenters. The van der Waals surface area contributed by atoms with Crippen LogP contribution in [0.25, 0.3) is 17.1 Å². The van der Waals surface area contributed by atoms with E-state index in [1.807, 2.05) is 6.20 Å². The van der Waals surface area contributed by atoms with Gasteiger partial charge in [0.15, 0.2) is 0 Å². The number of nitrogens with one attached hydrogen (secondary N) is 2. The van der Waals surface area contributed by atoms with Crippen LogP contribution in [0.5, 0.6) is 0 Å². The van der Waals surface area contributed by atoms with Crippen LogP contribution in [0.1, 0.15) is 78.4 Å². The molecule has 2 fully saturated rings. The zero-order valence-corrected chi connectivity index (χ0v) is 16.9. The molecule has 0 aromatic carbocycles. The highest BCUT2D eigenvalue weighted by Crippen LogP contribution is 2.44. The van der Waals surface area contributed by atoms with Crippen molar-refractivity contribution in [1.82, 2.24) is 20.3 Å². The Bertz CT molecular complexity index is 1090. The van der Waals surface area contributed by atoms with E-state index in [2.05, 4.69) is 40.8 Å². The molecular formula is C25H28N4. The summed E-state index contributed by atoms with van der Waals surface area (Å²) in [4.78, 5) is 13.1. The van der Waals surface area contributed by atoms with Crippen molar-refractivity contribution in [3.63, 3.8) is 0 Å². The largest absolute Gasteiger partial charge is 0.346 e. The minimum absolute atomic E-state index is 0.634. The number of piperidine rings is 1. The third-order valence-electron chi connectivity index (χ3n) is 7.15. The molecule has 29 heavy (non-hydrogen) atoms. The number of hydrogen-bond donors (Lipinski definition) is 2. The summed E-state index contributed by atoms with van der Waals surface area (Å²) in [7, 11) is 0. The van der Waals surface area contributed by atoms with Crippen LogP contribution in [0.3, 0.4) is 0 Å². The molecule has 1 aliphatic heterocycles. The van der Waals surface area contributed by atoms with Crippen LogP contribution in [0.4, 0.5) is 0 Å². The fourth-order valence-corrected chi connectivity index (χ4v) is 5.62. The lowest BCUT2D eigenvalue weighted by atomic mass is 9.84. The van der Waals surface area contributed by atoms with Crippen LogP contribution in [0.2, 0.25) is 0 Å². The molecule has 1 atom stereocenters. The number of hydrogen-bond acceptors (Lipinski definition) is 3. The van der Waals surface area contributed by atoms with Crippen LogP contribution in [0, 0.1) is 0 Å². The molecule has 2 N–H and O–H groups in total. The van der Waals surface area contributed by atoms with Crippen molar-refractivity contribution in [2.75, 3.05) is 13.1 Å². The lowest BCUT2D eigenvalue weighted by Gasteiger charge is -2.22. The topological polar surface area (TPSA) is 53.6 Å². The van der Waals surface area contributed by atoms with E-state index in [9.17, 15) is 0 Å². The van der Waals surface area contributed by atoms with E-state index in [0.29, 0.717) is 11.8 Å². The maximum atomic E-state index is 5.03. The number of aromatic nitrogens is 3. The van der Waals surface area contributed by atoms with E-state index in [1.54, 1.807) is 5.57 Å². The molecule has 3 aliphatic rings. The molecule has 3 aromatic rings. The second kappa shape index (κ2) is 7.10. The minimum atomic E-state index is 0.634. The molecule has 6 rings (SSSR count). The van der Waals surface area contributed by atoms with Crippen molar-refractivity contribution in [3.05, 3.63) is 64.2 Å². The van der Waals surface area contributed by atoms with Crippen LogP contribution in [-0.2, 0) is 6.42 Å². The number of fused-ring (bicyclic) bond motifs is 4.